The normalized spacial score (nSPS) is 18.2. The van der Waals surface area contributed by atoms with Crippen molar-refractivity contribution in [2.24, 2.45) is 0 Å². The Morgan fingerprint density at radius 2 is 1.89 bits per heavy atom. The van der Waals surface area contributed by atoms with Crippen molar-refractivity contribution >= 4 is 11.6 Å². The number of likely N-dealkylation sites (tertiary alicyclic amines) is 1. The Balaban J connectivity index is 1.91. The molecule has 0 aromatic heterocycles. The van der Waals surface area contributed by atoms with Gasteiger partial charge in [-0.25, -0.2) is 0 Å². The third-order valence-electron chi connectivity index (χ3n) is 3.84. The van der Waals surface area contributed by atoms with Gasteiger partial charge in [-0.3, -0.25) is 4.79 Å². The molecule has 104 valence electrons. The molecule has 1 heterocycles. The second kappa shape index (κ2) is 6.06. The summed E-state index contributed by atoms with van der Waals surface area (Å²) < 4.78 is 0. The number of hydrogen-bond acceptors (Lipinski definition) is 3. The Labute approximate surface area is 114 Å². The van der Waals surface area contributed by atoms with E-state index in [1.165, 1.54) is 12.6 Å². The molecule has 2 rings (SSSR count). The lowest BCUT2D eigenvalue weighted by molar-refractivity contribution is -0.140. The highest BCUT2D eigenvalue weighted by atomic mass is 16.3. The zero-order valence-electron chi connectivity index (χ0n) is 11.6. The van der Waals surface area contributed by atoms with Gasteiger partial charge >= 0.3 is 0 Å². The molecule has 1 amide bonds. The van der Waals surface area contributed by atoms with Gasteiger partial charge in [0.25, 0.3) is 5.91 Å². The summed E-state index contributed by atoms with van der Waals surface area (Å²) in [6, 6.07) is 10.8. The van der Waals surface area contributed by atoms with E-state index >= 15 is 0 Å². The first kappa shape index (κ1) is 13.9. The first-order valence-electron chi connectivity index (χ1n) is 6.84. The number of rotatable bonds is 3. The lowest BCUT2D eigenvalue weighted by Gasteiger charge is -2.38. The lowest BCUT2D eigenvalue weighted by Crippen LogP contribution is -2.48. The van der Waals surface area contributed by atoms with E-state index < -0.39 is 6.10 Å². The van der Waals surface area contributed by atoms with Gasteiger partial charge in [-0.15, -0.1) is 0 Å². The number of carbonyl (C=O) groups excluding carboxylic acids is 1. The van der Waals surface area contributed by atoms with Crippen LogP contribution in [0.1, 0.15) is 19.8 Å². The van der Waals surface area contributed by atoms with Crippen LogP contribution >= 0.6 is 0 Å². The number of para-hydroxylation sites is 1. The maximum atomic E-state index is 11.7. The van der Waals surface area contributed by atoms with Crippen LogP contribution in [0.25, 0.3) is 0 Å². The van der Waals surface area contributed by atoms with Crippen LogP contribution < -0.4 is 4.90 Å². The number of piperidine rings is 1. The van der Waals surface area contributed by atoms with Crippen LogP contribution in [0.15, 0.2) is 30.3 Å². The van der Waals surface area contributed by atoms with Gasteiger partial charge in [0, 0.05) is 31.9 Å². The van der Waals surface area contributed by atoms with Crippen molar-refractivity contribution < 1.29 is 9.90 Å². The van der Waals surface area contributed by atoms with Crippen molar-refractivity contribution in [3.05, 3.63) is 30.3 Å². The summed E-state index contributed by atoms with van der Waals surface area (Å²) in [4.78, 5) is 15.8. The highest BCUT2D eigenvalue weighted by molar-refractivity contribution is 5.80. The molecular weight excluding hydrogens is 240 g/mol. The van der Waals surface area contributed by atoms with Crippen LogP contribution in [0.4, 0.5) is 5.69 Å². The average Bonchev–Trinajstić information content (AvgIpc) is 2.46. The van der Waals surface area contributed by atoms with E-state index in [1.807, 2.05) is 18.2 Å². The van der Waals surface area contributed by atoms with Gasteiger partial charge in [0.1, 0.15) is 6.10 Å². The highest BCUT2D eigenvalue weighted by Crippen LogP contribution is 2.22. The van der Waals surface area contributed by atoms with Crippen molar-refractivity contribution in [2.75, 3.05) is 25.0 Å². The molecule has 1 saturated heterocycles. The predicted octanol–water partition coefficient (Wildman–Crippen LogP) is 1.49. The topological polar surface area (TPSA) is 43.8 Å². The highest BCUT2D eigenvalue weighted by Gasteiger charge is 2.26. The van der Waals surface area contributed by atoms with Gasteiger partial charge in [-0.1, -0.05) is 18.2 Å². The SMILES string of the molecule is C[C@H](O)C(=O)N1CCC(N(C)c2ccccc2)CC1. The molecule has 1 aromatic carbocycles. The Kier molecular flexibility index (Phi) is 4.43. The quantitative estimate of drug-likeness (QED) is 0.897. The maximum absolute atomic E-state index is 11.7. The van der Waals surface area contributed by atoms with Crippen molar-refractivity contribution in [3.63, 3.8) is 0 Å². The van der Waals surface area contributed by atoms with Gasteiger partial charge in [-0.2, -0.15) is 0 Å². The van der Waals surface area contributed by atoms with Crippen LogP contribution in [0.3, 0.4) is 0 Å². The van der Waals surface area contributed by atoms with Crippen LogP contribution in [0.5, 0.6) is 0 Å². The Hall–Kier alpha value is -1.55. The summed E-state index contributed by atoms with van der Waals surface area (Å²) in [6.45, 7) is 2.99. The third kappa shape index (κ3) is 3.26. The summed E-state index contributed by atoms with van der Waals surface area (Å²) in [5, 5.41) is 9.32. The second-order valence-electron chi connectivity index (χ2n) is 5.18. The number of hydrogen-bond donors (Lipinski definition) is 1. The van der Waals surface area contributed by atoms with E-state index in [2.05, 4.69) is 24.1 Å². The van der Waals surface area contributed by atoms with Crippen LogP contribution in [0.2, 0.25) is 0 Å². The first-order valence-corrected chi connectivity index (χ1v) is 6.84. The van der Waals surface area contributed by atoms with E-state index in [1.54, 1.807) is 4.90 Å². The molecule has 0 unspecified atom stereocenters. The van der Waals surface area contributed by atoms with E-state index in [-0.39, 0.29) is 5.91 Å². The third-order valence-corrected chi connectivity index (χ3v) is 3.84. The summed E-state index contributed by atoms with van der Waals surface area (Å²) in [5.41, 5.74) is 1.21. The molecule has 4 heteroatoms. The van der Waals surface area contributed by atoms with Crippen LogP contribution in [-0.4, -0.2) is 48.2 Å². The number of benzene rings is 1. The zero-order valence-corrected chi connectivity index (χ0v) is 11.6. The minimum Gasteiger partial charge on any atom is -0.384 e. The maximum Gasteiger partial charge on any atom is 0.251 e. The van der Waals surface area contributed by atoms with E-state index in [0.717, 1.165) is 25.9 Å². The molecule has 0 radical (unpaired) electrons. The molecule has 1 atom stereocenters. The molecular formula is C15H22N2O2. The van der Waals surface area contributed by atoms with E-state index in [4.69, 9.17) is 0 Å². The Morgan fingerprint density at radius 3 is 2.42 bits per heavy atom. The van der Waals surface area contributed by atoms with Crippen molar-refractivity contribution in [2.45, 2.75) is 31.9 Å². The molecule has 1 aliphatic heterocycles. The van der Waals surface area contributed by atoms with Crippen LogP contribution in [0, 0.1) is 0 Å². The molecule has 0 bridgehead atoms. The summed E-state index contributed by atoms with van der Waals surface area (Å²) in [5.74, 6) is -0.152. The molecule has 1 N–H and O–H groups in total. The summed E-state index contributed by atoms with van der Waals surface area (Å²) >= 11 is 0. The number of carbonyl (C=O) groups is 1. The first-order chi connectivity index (χ1) is 9.09. The number of aliphatic hydroxyl groups is 1. The number of nitrogens with zero attached hydrogens (tertiary/aromatic N) is 2. The molecule has 1 fully saturated rings. The van der Waals surface area contributed by atoms with Gasteiger partial charge in [-0.05, 0) is 31.9 Å². The summed E-state index contributed by atoms with van der Waals surface area (Å²) in [7, 11) is 2.10. The Morgan fingerprint density at radius 1 is 1.32 bits per heavy atom. The van der Waals surface area contributed by atoms with E-state index in [9.17, 15) is 9.90 Å². The Bertz CT molecular complexity index is 411. The number of anilines is 1. The fraction of sp³-hybridized carbons (Fsp3) is 0.533. The standard InChI is InChI=1S/C15H22N2O2/c1-12(18)15(19)17-10-8-14(9-11-17)16(2)13-6-4-3-5-7-13/h3-7,12,14,18H,8-11H2,1-2H3/t12-/m0/s1. The van der Waals surface area contributed by atoms with Crippen LogP contribution in [-0.2, 0) is 4.79 Å². The van der Waals surface area contributed by atoms with Crippen molar-refractivity contribution in [1.82, 2.24) is 4.90 Å². The monoisotopic (exact) mass is 262 g/mol. The minimum atomic E-state index is -0.886. The molecule has 0 aliphatic carbocycles. The molecule has 19 heavy (non-hydrogen) atoms. The van der Waals surface area contributed by atoms with Gasteiger partial charge in [0.2, 0.25) is 0 Å². The molecule has 4 nitrogen and oxygen atoms in total. The molecule has 1 aromatic rings. The fourth-order valence-corrected chi connectivity index (χ4v) is 2.61. The zero-order chi connectivity index (χ0) is 13.8. The number of aliphatic hydroxyl groups excluding tert-OH is 1. The lowest BCUT2D eigenvalue weighted by atomic mass is 10.0. The molecule has 1 aliphatic rings. The average molecular weight is 262 g/mol. The second-order valence-corrected chi connectivity index (χ2v) is 5.18. The number of amides is 1. The van der Waals surface area contributed by atoms with Crippen molar-refractivity contribution in [3.8, 4) is 0 Å². The predicted molar refractivity (Wildman–Crippen MR) is 76.1 cm³/mol. The summed E-state index contributed by atoms with van der Waals surface area (Å²) in [6.07, 6.45) is 1.01. The molecule has 0 saturated carbocycles. The minimum absolute atomic E-state index is 0.152. The van der Waals surface area contributed by atoms with Gasteiger partial charge in [0.05, 0.1) is 0 Å². The smallest absolute Gasteiger partial charge is 0.251 e. The fourth-order valence-electron chi connectivity index (χ4n) is 2.61. The van der Waals surface area contributed by atoms with Crippen molar-refractivity contribution in [1.29, 1.82) is 0 Å². The van der Waals surface area contributed by atoms with E-state index in [0.29, 0.717) is 6.04 Å². The largest absolute Gasteiger partial charge is 0.384 e. The van der Waals surface area contributed by atoms with Gasteiger partial charge < -0.3 is 14.9 Å². The molecule has 0 spiro atoms. The van der Waals surface area contributed by atoms with Gasteiger partial charge in [0.15, 0.2) is 0 Å².